The number of morpholine rings is 1. The fourth-order valence-corrected chi connectivity index (χ4v) is 2.36. The standard InChI is InChI=1S/C11H22N2O/c1-11(2,3)13-5-4-12-6-7-14-9-10(12)8-13/h10H,4-9H2,1-3H3/t10-/m1/s1. The Morgan fingerprint density at radius 2 is 1.93 bits per heavy atom. The molecule has 2 rings (SSSR count). The second-order valence-electron chi connectivity index (χ2n) is 5.38. The highest BCUT2D eigenvalue weighted by Crippen LogP contribution is 2.20. The molecule has 3 nitrogen and oxygen atoms in total. The van der Waals surface area contributed by atoms with Crippen LogP contribution < -0.4 is 0 Å². The molecule has 0 unspecified atom stereocenters. The Hall–Kier alpha value is -0.120. The maximum absolute atomic E-state index is 5.53. The number of ether oxygens (including phenoxy) is 1. The largest absolute Gasteiger partial charge is 0.378 e. The van der Waals surface area contributed by atoms with E-state index in [2.05, 4.69) is 30.6 Å². The van der Waals surface area contributed by atoms with Crippen LogP contribution in [0.1, 0.15) is 20.8 Å². The summed E-state index contributed by atoms with van der Waals surface area (Å²) in [5.41, 5.74) is 0.309. The molecule has 2 aliphatic rings. The van der Waals surface area contributed by atoms with Gasteiger partial charge >= 0.3 is 0 Å². The first-order valence-electron chi connectivity index (χ1n) is 5.64. The highest BCUT2D eigenvalue weighted by atomic mass is 16.5. The lowest BCUT2D eigenvalue weighted by molar-refractivity contribution is -0.0620. The third-order valence-corrected chi connectivity index (χ3v) is 3.39. The van der Waals surface area contributed by atoms with E-state index in [0.717, 1.165) is 19.8 Å². The number of piperazine rings is 1. The molecule has 82 valence electrons. The van der Waals surface area contributed by atoms with E-state index >= 15 is 0 Å². The molecule has 2 heterocycles. The molecule has 2 aliphatic heterocycles. The smallest absolute Gasteiger partial charge is 0.0634 e. The molecule has 1 atom stereocenters. The van der Waals surface area contributed by atoms with Crippen LogP contribution in [0, 0.1) is 0 Å². The van der Waals surface area contributed by atoms with Crippen LogP contribution >= 0.6 is 0 Å². The maximum Gasteiger partial charge on any atom is 0.0634 e. The van der Waals surface area contributed by atoms with E-state index in [1.807, 2.05) is 0 Å². The van der Waals surface area contributed by atoms with Gasteiger partial charge in [-0.15, -0.1) is 0 Å². The molecule has 0 spiro atoms. The zero-order valence-electron chi connectivity index (χ0n) is 9.62. The van der Waals surface area contributed by atoms with E-state index in [0.29, 0.717) is 11.6 Å². The predicted octanol–water partition coefficient (Wildman–Crippen LogP) is 0.801. The highest BCUT2D eigenvalue weighted by Gasteiger charge is 2.33. The number of hydrogen-bond acceptors (Lipinski definition) is 3. The summed E-state index contributed by atoms with van der Waals surface area (Å²) in [4.78, 5) is 5.15. The van der Waals surface area contributed by atoms with Crippen molar-refractivity contribution in [1.82, 2.24) is 9.80 Å². The summed E-state index contributed by atoms with van der Waals surface area (Å²) in [6.45, 7) is 13.5. The second-order valence-corrected chi connectivity index (χ2v) is 5.38. The second kappa shape index (κ2) is 3.80. The van der Waals surface area contributed by atoms with Gasteiger partial charge in [-0.05, 0) is 20.8 Å². The van der Waals surface area contributed by atoms with E-state index in [1.54, 1.807) is 0 Å². The van der Waals surface area contributed by atoms with Crippen molar-refractivity contribution in [3.63, 3.8) is 0 Å². The van der Waals surface area contributed by atoms with Crippen molar-refractivity contribution in [2.45, 2.75) is 32.4 Å². The molecule has 0 aliphatic carbocycles. The third-order valence-electron chi connectivity index (χ3n) is 3.39. The Kier molecular flexibility index (Phi) is 2.82. The summed E-state index contributed by atoms with van der Waals surface area (Å²) < 4.78 is 5.53. The fraction of sp³-hybridized carbons (Fsp3) is 1.00. The van der Waals surface area contributed by atoms with Crippen LogP contribution in [-0.4, -0.2) is 60.8 Å². The van der Waals surface area contributed by atoms with Crippen molar-refractivity contribution in [1.29, 1.82) is 0 Å². The molecule has 0 N–H and O–H groups in total. The van der Waals surface area contributed by atoms with Crippen LogP contribution in [0.25, 0.3) is 0 Å². The summed E-state index contributed by atoms with van der Waals surface area (Å²) in [6.07, 6.45) is 0. The van der Waals surface area contributed by atoms with Crippen LogP contribution in [-0.2, 0) is 4.74 Å². The Morgan fingerprint density at radius 1 is 1.14 bits per heavy atom. The first kappa shape index (κ1) is 10.4. The summed E-state index contributed by atoms with van der Waals surface area (Å²) >= 11 is 0. The van der Waals surface area contributed by atoms with Crippen molar-refractivity contribution < 1.29 is 4.74 Å². The molecule has 0 saturated carbocycles. The average Bonchev–Trinajstić information content (AvgIpc) is 2.16. The number of nitrogens with zero attached hydrogens (tertiary/aromatic N) is 2. The monoisotopic (exact) mass is 198 g/mol. The maximum atomic E-state index is 5.53. The summed E-state index contributed by atoms with van der Waals surface area (Å²) in [6, 6.07) is 0.636. The van der Waals surface area contributed by atoms with Gasteiger partial charge in [-0.1, -0.05) is 0 Å². The summed E-state index contributed by atoms with van der Waals surface area (Å²) in [5.74, 6) is 0. The van der Waals surface area contributed by atoms with Gasteiger partial charge in [0.1, 0.15) is 0 Å². The zero-order chi connectivity index (χ0) is 10.2. The topological polar surface area (TPSA) is 15.7 Å². The molecule has 3 heteroatoms. The van der Waals surface area contributed by atoms with E-state index < -0.39 is 0 Å². The minimum Gasteiger partial charge on any atom is -0.378 e. The lowest BCUT2D eigenvalue weighted by Crippen LogP contribution is -2.61. The van der Waals surface area contributed by atoms with E-state index in [-0.39, 0.29) is 0 Å². The lowest BCUT2D eigenvalue weighted by Gasteiger charge is -2.48. The number of fused-ring (bicyclic) bond motifs is 1. The minimum absolute atomic E-state index is 0.309. The van der Waals surface area contributed by atoms with Gasteiger partial charge in [0.25, 0.3) is 0 Å². The normalized spacial score (nSPS) is 31.5. The van der Waals surface area contributed by atoms with Crippen molar-refractivity contribution in [2.75, 3.05) is 39.4 Å². The van der Waals surface area contributed by atoms with Gasteiger partial charge in [0.15, 0.2) is 0 Å². The molecular formula is C11H22N2O. The van der Waals surface area contributed by atoms with Gasteiger partial charge in [-0.2, -0.15) is 0 Å². The third kappa shape index (κ3) is 2.10. The average molecular weight is 198 g/mol. The molecule has 2 fully saturated rings. The summed E-state index contributed by atoms with van der Waals surface area (Å²) in [7, 11) is 0. The van der Waals surface area contributed by atoms with Gasteiger partial charge in [0, 0.05) is 37.8 Å². The van der Waals surface area contributed by atoms with Gasteiger partial charge in [0.2, 0.25) is 0 Å². The fourth-order valence-electron chi connectivity index (χ4n) is 2.36. The Bertz CT molecular complexity index is 200. The van der Waals surface area contributed by atoms with Crippen LogP contribution in [0.5, 0.6) is 0 Å². The van der Waals surface area contributed by atoms with Crippen LogP contribution in [0.15, 0.2) is 0 Å². The predicted molar refractivity (Wildman–Crippen MR) is 57.5 cm³/mol. The van der Waals surface area contributed by atoms with E-state index in [1.165, 1.54) is 19.6 Å². The highest BCUT2D eigenvalue weighted by molar-refractivity contribution is 4.89. The Morgan fingerprint density at radius 3 is 2.64 bits per heavy atom. The summed E-state index contributed by atoms with van der Waals surface area (Å²) in [5, 5.41) is 0. The van der Waals surface area contributed by atoms with Crippen LogP contribution in [0.3, 0.4) is 0 Å². The van der Waals surface area contributed by atoms with Crippen LogP contribution in [0.4, 0.5) is 0 Å². The van der Waals surface area contributed by atoms with Crippen molar-refractivity contribution in [3.05, 3.63) is 0 Å². The lowest BCUT2D eigenvalue weighted by atomic mass is 10.0. The van der Waals surface area contributed by atoms with Gasteiger partial charge < -0.3 is 4.74 Å². The quantitative estimate of drug-likeness (QED) is 0.572. The molecule has 14 heavy (non-hydrogen) atoms. The van der Waals surface area contributed by atoms with Crippen molar-refractivity contribution >= 4 is 0 Å². The molecular weight excluding hydrogens is 176 g/mol. The molecule has 0 amide bonds. The molecule has 0 aromatic rings. The molecule has 2 saturated heterocycles. The van der Waals surface area contributed by atoms with Gasteiger partial charge in [0.05, 0.1) is 13.2 Å². The van der Waals surface area contributed by atoms with Gasteiger partial charge in [-0.25, -0.2) is 0 Å². The minimum atomic E-state index is 0.309. The Labute approximate surface area is 87.0 Å². The SMILES string of the molecule is CC(C)(C)N1CCN2CCOC[C@H]2C1. The van der Waals surface area contributed by atoms with Crippen molar-refractivity contribution in [2.24, 2.45) is 0 Å². The first-order valence-corrected chi connectivity index (χ1v) is 5.64. The van der Waals surface area contributed by atoms with Crippen LogP contribution in [0.2, 0.25) is 0 Å². The molecule has 0 aromatic carbocycles. The van der Waals surface area contributed by atoms with E-state index in [9.17, 15) is 0 Å². The number of hydrogen-bond donors (Lipinski definition) is 0. The zero-order valence-corrected chi connectivity index (χ0v) is 9.62. The number of rotatable bonds is 0. The first-order chi connectivity index (χ1) is 6.57. The molecule has 0 radical (unpaired) electrons. The molecule has 0 bridgehead atoms. The van der Waals surface area contributed by atoms with E-state index in [4.69, 9.17) is 4.74 Å². The molecule has 0 aromatic heterocycles. The van der Waals surface area contributed by atoms with Crippen molar-refractivity contribution in [3.8, 4) is 0 Å². The Balaban J connectivity index is 1.96. The van der Waals surface area contributed by atoms with Gasteiger partial charge in [-0.3, -0.25) is 9.80 Å².